The molecule has 204 valence electrons. The molecule has 0 unspecified atom stereocenters. The van der Waals surface area contributed by atoms with Crippen LogP contribution in [0, 0.1) is 0 Å². The summed E-state index contributed by atoms with van der Waals surface area (Å²) in [6.07, 6.45) is 3.22. The molecule has 2 N–H and O–H groups in total. The summed E-state index contributed by atoms with van der Waals surface area (Å²) in [5.74, 6) is -0.738. The second-order valence-corrected chi connectivity index (χ2v) is 8.40. The maximum absolute atomic E-state index is 12.4. The van der Waals surface area contributed by atoms with Crippen LogP contribution in [0.3, 0.4) is 0 Å². The molecule has 0 spiro atoms. The van der Waals surface area contributed by atoms with Gasteiger partial charge in [-0.2, -0.15) is 0 Å². The van der Waals surface area contributed by atoms with Crippen molar-refractivity contribution in [2.45, 2.75) is 45.3 Å². The number of hydrogen-bond donors (Lipinski definition) is 2. The number of ether oxygens (including phenoxy) is 1. The van der Waals surface area contributed by atoms with Crippen LogP contribution in [0.2, 0.25) is 0 Å². The molecule has 2 amide bonds. The summed E-state index contributed by atoms with van der Waals surface area (Å²) in [4.78, 5) is 28.5. The first kappa shape index (κ1) is 27.2. The molecular formula is C24H24F3N9O3. The molecule has 0 radical (unpaired) electrons. The molecule has 1 aromatic carbocycles. The smallest absolute Gasteiger partial charge is 0.406 e. The number of pyridine rings is 1. The van der Waals surface area contributed by atoms with E-state index in [1.807, 2.05) is 6.07 Å². The number of aromatic nitrogens is 7. The molecule has 12 nitrogen and oxygen atoms in total. The van der Waals surface area contributed by atoms with E-state index >= 15 is 0 Å². The van der Waals surface area contributed by atoms with Gasteiger partial charge in [0.15, 0.2) is 11.5 Å². The molecule has 0 fully saturated rings. The topological polar surface area (TPSA) is 142 Å². The van der Waals surface area contributed by atoms with E-state index in [-0.39, 0.29) is 30.3 Å². The fraction of sp³-hybridized carbons (Fsp3) is 0.292. The Labute approximate surface area is 220 Å². The molecule has 0 saturated heterocycles. The van der Waals surface area contributed by atoms with Crippen LogP contribution >= 0.6 is 0 Å². The van der Waals surface area contributed by atoms with Crippen LogP contribution in [0.5, 0.6) is 5.75 Å². The third-order valence-electron chi connectivity index (χ3n) is 5.27. The van der Waals surface area contributed by atoms with Gasteiger partial charge < -0.3 is 15.4 Å². The lowest BCUT2D eigenvalue weighted by atomic mass is 10.2. The lowest BCUT2D eigenvalue weighted by Gasteiger charge is -2.10. The zero-order valence-corrected chi connectivity index (χ0v) is 20.5. The Morgan fingerprint density at radius 2 is 1.69 bits per heavy atom. The highest BCUT2D eigenvalue weighted by Crippen LogP contribution is 2.23. The van der Waals surface area contributed by atoms with Crippen molar-refractivity contribution in [2.75, 3.05) is 5.32 Å². The first-order chi connectivity index (χ1) is 18.7. The predicted molar refractivity (Wildman–Crippen MR) is 130 cm³/mol. The van der Waals surface area contributed by atoms with E-state index in [0.29, 0.717) is 30.9 Å². The average molecular weight is 544 g/mol. The molecule has 0 atom stereocenters. The summed E-state index contributed by atoms with van der Waals surface area (Å²) in [7, 11) is 0. The first-order valence-electron chi connectivity index (χ1n) is 11.9. The molecule has 3 heterocycles. The van der Waals surface area contributed by atoms with Gasteiger partial charge in [-0.05, 0) is 42.2 Å². The van der Waals surface area contributed by atoms with Crippen LogP contribution in [-0.2, 0) is 30.8 Å². The number of carbonyl (C=O) groups excluding carboxylic acids is 2. The highest BCUT2D eigenvalue weighted by atomic mass is 19.4. The highest BCUT2D eigenvalue weighted by Gasteiger charge is 2.31. The van der Waals surface area contributed by atoms with Crippen LogP contribution in [-0.4, -0.2) is 53.1 Å². The minimum Gasteiger partial charge on any atom is -0.406 e. The van der Waals surface area contributed by atoms with Crippen LogP contribution in [0.25, 0.3) is 0 Å². The normalized spacial score (nSPS) is 11.3. The van der Waals surface area contributed by atoms with E-state index in [1.165, 1.54) is 29.1 Å². The maximum Gasteiger partial charge on any atom is 0.573 e. The third kappa shape index (κ3) is 8.91. The van der Waals surface area contributed by atoms with Crippen LogP contribution < -0.4 is 15.4 Å². The second-order valence-electron chi connectivity index (χ2n) is 8.40. The van der Waals surface area contributed by atoms with Gasteiger partial charge in [0.05, 0.1) is 18.8 Å². The molecule has 15 heteroatoms. The van der Waals surface area contributed by atoms with Crippen molar-refractivity contribution < 1.29 is 27.5 Å². The molecule has 0 aliphatic rings. The number of nitrogens with one attached hydrogen (secondary N) is 2. The Kier molecular flexibility index (Phi) is 8.81. The number of rotatable bonds is 12. The van der Waals surface area contributed by atoms with Gasteiger partial charge in [-0.25, -0.2) is 0 Å². The Morgan fingerprint density at radius 3 is 2.44 bits per heavy atom. The van der Waals surface area contributed by atoms with Gasteiger partial charge >= 0.3 is 6.36 Å². The van der Waals surface area contributed by atoms with E-state index in [0.717, 1.165) is 12.0 Å². The first-order valence-corrected chi connectivity index (χ1v) is 11.9. The molecule has 0 saturated carbocycles. The predicted octanol–water partition coefficient (Wildman–Crippen LogP) is 2.75. The van der Waals surface area contributed by atoms with E-state index in [9.17, 15) is 22.8 Å². The summed E-state index contributed by atoms with van der Waals surface area (Å²) >= 11 is 0. The molecule has 0 aliphatic heterocycles. The maximum atomic E-state index is 12.4. The summed E-state index contributed by atoms with van der Waals surface area (Å²) < 4.78 is 44.2. The van der Waals surface area contributed by atoms with Gasteiger partial charge in [0.25, 0.3) is 5.91 Å². The summed E-state index contributed by atoms with van der Waals surface area (Å²) in [6.45, 7) is 1.05. The van der Waals surface area contributed by atoms with Crippen LogP contribution in [0.15, 0.2) is 61.2 Å². The van der Waals surface area contributed by atoms with E-state index in [1.54, 1.807) is 35.4 Å². The van der Waals surface area contributed by atoms with Crippen molar-refractivity contribution in [3.63, 3.8) is 0 Å². The number of halogens is 3. The Morgan fingerprint density at radius 1 is 0.949 bits per heavy atom. The van der Waals surface area contributed by atoms with Crippen LogP contribution in [0.4, 0.5) is 19.0 Å². The SMILES string of the molecule is O=C(Cc1cccnc1)Nc1cn(CCCCn2cc(C(=O)NCc3cccc(OC(F)(F)F)c3)nn2)nn1. The van der Waals surface area contributed by atoms with Crippen molar-refractivity contribution in [1.82, 2.24) is 40.3 Å². The number of carbonyl (C=O) groups is 2. The number of aryl methyl sites for hydroxylation is 2. The monoisotopic (exact) mass is 543 g/mol. The lowest BCUT2D eigenvalue weighted by molar-refractivity contribution is -0.274. The number of nitrogens with zero attached hydrogens (tertiary/aromatic N) is 7. The zero-order chi connectivity index (χ0) is 27.7. The van der Waals surface area contributed by atoms with Crippen molar-refractivity contribution >= 4 is 17.6 Å². The highest BCUT2D eigenvalue weighted by molar-refractivity contribution is 5.92. The average Bonchev–Trinajstić information content (AvgIpc) is 3.55. The molecule has 0 aliphatic carbocycles. The summed E-state index contributed by atoms with van der Waals surface area (Å²) in [5.41, 5.74) is 1.31. The second kappa shape index (κ2) is 12.6. The molecule has 4 aromatic rings. The third-order valence-corrected chi connectivity index (χ3v) is 5.27. The quantitative estimate of drug-likeness (QED) is 0.260. The number of hydrogen-bond acceptors (Lipinski definition) is 8. The zero-order valence-electron chi connectivity index (χ0n) is 20.5. The minimum atomic E-state index is -4.79. The van der Waals surface area contributed by atoms with Crippen molar-refractivity contribution in [3.8, 4) is 5.75 Å². The Bertz CT molecular complexity index is 1390. The minimum absolute atomic E-state index is 0.00936. The summed E-state index contributed by atoms with van der Waals surface area (Å²) in [5, 5.41) is 21.0. The molecule has 3 aromatic heterocycles. The van der Waals surface area contributed by atoms with Crippen LogP contribution in [0.1, 0.15) is 34.5 Å². The van der Waals surface area contributed by atoms with Gasteiger partial charge in [-0.1, -0.05) is 28.6 Å². The number of amides is 2. The lowest BCUT2D eigenvalue weighted by Crippen LogP contribution is -2.23. The Hall–Kier alpha value is -4.82. The largest absolute Gasteiger partial charge is 0.573 e. The standard InChI is InChI=1S/C24H24F3N9O3/c25-24(26,27)39-19-7-3-5-17(11-19)14-29-23(38)20-15-35(33-31-20)9-1-2-10-36-16-21(32-34-36)30-22(37)12-18-6-4-8-28-13-18/h3-8,11,13,15-16H,1-2,9-10,12,14H2,(H,29,38)(H,30,37). The van der Waals surface area contributed by atoms with E-state index < -0.39 is 12.3 Å². The number of alkyl halides is 3. The molecule has 0 bridgehead atoms. The van der Waals surface area contributed by atoms with E-state index in [2.05, 4.69) is 41.0 Å². The van der Waals surface area contributed by atoms with E-state index in [4.69, 9.17) is 0 Å². The molecular weight excluding hydrogens is 519 g/mol. The number of anilines is 1. The molecule has 4 rings (SSSR count). The van der Waals surface area contributed by atoms with Gasteiger partial charge in [0.1, 0.15) is 5.75 Å². The van der Waals surface area contributed by atoms with Crippen molar-refractivity contribution in [3.05, 3.63) is 78.0 Å². The summed E-state index contributed by atoms with van der Waals surface area (Å²) in [6, 6.07) is 8.91. The van der Waals surface area contributed by atoms with Crippen molar-refractivity contribution in [2.24, 2.45) is 0 Å². The van der Waals surface area contributed by atoms with Gasteiger partial charge in [-0.15, -0.1) is 23.4 Å². The van der Waals surface area contributed by atoms with Gasteiger partial charge in [0.2, 0.25) is 5.91 Å². The van der Waals surface area contributed by atoms with Gasteiger partial charge in [-0.3, -0.25) is 23.9 Å². The fourth-order valence-electron chi connectivity index (χ4n) is 3.52. The molecule has 39 heavy (non-hydrogen) atoms. The number of benzene rings is 1. The van der Waals surface area contributed by atoms with Crippen molar-refractivity contribution in [1.29, 1.82) is 0 Å². The fourth-order valence-corrected chi connectivity index (χ4v) is 3.52. The Balaban J connectivity index is 1.16. The van der Waals surface area contributed by atoms with Gasteiger partial charge in [0, 0.05) is 32.0 Å². The number of unbranched alkanes of at least 4 members (excludes halogenated alkanes) is 1.